The SMILES string of the molecule is CC(C)=C[C@H]1C[C@](C)(O)[C@@H]2[C@H]3CC[C@@H]4[C@@]5(C)CCCC(C)(C)[C@@H]5CC[C@@]4(C)[C@@]34CO[C@@]2(C4)O1. The number of hydrogen-bond donors (Lipinski definition) is 1. The lowest BCUT2D eigenvalue weighted by Gasteiger charge is -2.69. The van der Waals surface area contributed by atoms with Crippen molar-refractivity contribution in [3.8, 4) is 0 Å². The lowest BCUT2D eigenvalue weighted by atomic mass is 9.35. The predicted octanol–water partition coefficient (Wildman–Crippen LogP) is 6.88. The first kappa shape index (κ1) is 23.0. The van der Waals surface area contributed by atoms with Gasteiger partial charge in [-0.25, -0.2) is 0 Å². The molecule has 6 rings (SSSR count). The molecule has 6 aliphatic rings. The van der Waals surface area contributed by atoms with Crippen LogP contribution in [0.2, 0.25) is 0 Å². The lowest BCUT2D eigenvalue weighted by molar-refractivity contribution is -0.340. The minimum atomic E-state index is -0.737. The third-order valence-corrected chi connectivity index (χ3v) is 12.6. The number of aliphatic hydroxyl groups is 1. The molecule has 0 aromatic carbocycles. The quantitative estimate of drug-likeness (QED) is 0.437. The van der Waals surface area contributed by atoms with Gasteiger partial charge in [-0.05, 0) is 93.3 Å². The molecule has 0 aromatic rings. The third kappa shape index (κ3) is 2.74. The number of ether oxygens (including phenoxy) is 2. The topological polar surface area (TPSA) is 38.7 Å². The summed E-state index contributed by atoms with van der Waals surface area (Å²) >= 11 is 0. The van der Waals surface area contributed by atoms with E-state index in [1.807, 2.05) is 0 Å². The van der Waals surface area contributed by atoms with E-state index in [2.05, 4.69) is 54.5 Å². The average Bonchev–Trinajstić information content (AvgIpc) is 3.18. The second-order valence-electron chi connectivity index (χ2n) is 15.0. The van der Waals surface area contributed by atoms with Gasteiger partial charge in [0.1, 0.15) is 0 Å². The monoisotopic (exact) mass is 456 g/mol. The second kappa shape index (κ2) is 6.68. The van der Waals surface area contributed by atoms with E-state index in [1.54, 1.807) is 0 Å². The maximum Gasteiger partial charge on any atom is 0.175 e. The highest BCUT2D eigenvalue weighted by Crippen LogP contribution is 2.80. The molecule has 3 nitrogen and oxygen atoms in total. The number of allylic oxidation sites excluding steroid dienone is 1. The van der Waals surface area contributed by atoms with Crippen LogP contribution in [0.5, 0.6) is 0 Å². The molecule has 0 radical (unpaired) electrons. The first-order valence-electron chi connectivity index (χ1n) is 14.0. The van der Waals surface area contributed by atoms with Crippen molar-refractivity contribution in [2.24, 2.45) is 45.3 Å². The molecule has 0 amide bonds. The van der Waals surface area contributed by atoms with Gasteiger partial charge in [-0.15, -0.1) is 0 Å². The van der Waals surface area contributed by atoms with E-state index in [1.165, 1.54) is 50.5 Å². The summed E-state index contributed by atoms with van der Waals surface area (Å²) in [6.07, 6.45) is 13.3. The van der Waals surface area contributed by atoms with Crippen molar-refractivity contribution in [1.29, 1.82) is 0 Å². The maximum atomic E-state index is 11.9. The molecule has 0 aromatic heterocycles. The Hall–Kier alpha value is -0.380. The van der Waals surface area contributed by atoms with E-state index >= 15 is 0 Å². The van der Waals surface area contributed by atoms with Gasteiger partial charge in [0.15, 0.2) is 5.79 Å². The molecule has 4 saturated carbocycles. The molecule has 33 heavy (non-hydrogen) atoms. The Kier molecular flexibility index (Phi) is 4.66. The van der Waals surface area contributed by atoms with Gasteiger partial charge in [0.2, 0.25) is 0 Å². The van der Waals surface area contributed by atoms with Crippen molar-refractivity contribution in [3.63, 3.8) is 0 Å². The van der Waals surface area contributed by atoms with E-state index in [-0.39, 0.29) is 22.9 Å². The third-order valence-electron chi connectivity index (χ3n) is 12.6. The minimum absolute atomic E-state index is 0.0486. The van der Waals surface area contributed by atoms with Gasteiger partial charge in [0, 0.05) is 24.2 Å². The van der Waals surface area contributed by atoms with Gasteiger partial charge in [-0.1, -0.05) is 45.8 Å². The van der Waals surface area contributed by atoms with Gasteiger partial charge in [-0.2, -0.15) is 0 Å². The van der Waals surface area contributed by atoms with Crippen LogP contribution in [-0.2, 0) is 9.47 Å². The number of rotatable bonds is 1. The molecule has 2 spiro atoms. The van der Waals surface area contributed by atoms with Crippen LogP contribution in [0, 0.1) is 45.3 Å². The van der Waals surface area contributed by atoms with Gasteiger partial charge in [0.05, 0.1) is 18.3 Å². The van der Waals surface area contributed by atoms with E-state index in [0.29, 0.717) is 23.2 Å². The van der Waals surface area contributed by atoms with Crippen molar-refractivity contribution in [3.05, 3.63) is 11.6 Å². The van der Waals surface area contributed by atoms with E-state index in [0.717, 1.165) is 24.9 Å². The summed E-state index contributed by atoms with van der Waals surface area (Å²) in [4.78, 5) is 0. The molecule has 2 heterocycles. The highest BCUT2D eigenvalue weighted by atomic mass is 16.7. The summed E-state index contributed by atoms with van der Waals surface area (Å²) in [7, 11) is 0. The molecule has 10 atom stereocenters. The fourth-order valence-electron chi connectivity index (χ4n) is 11.7. The molecular weight excluding hydrogens is 408 g/mol. The Labute approximate surface area is 202 Å². The zero-order valence-corrected chi connectivity index (χ0v) is 22.3. The van der Waals surface area contributed by atoms with Crippen molar-refractivity contribution >= 4 is 0 Å². The van der Waals surface area contributed by atoms with Crippen molar-refractivity contribution in [1.82, 2.24) is 0 Å². The summed E-state index contributed by atoms with van der Waals surface area (Å²) in [5, 5.41) is 11.9. The predicted molar refractivity (Wildman–Crippen MR) is 132 cm³/mol. The van der Waals surface area contributed by atoms with Crippen LogP contribution in [0.25, 0.3) is 0 Å². The Balaban J connectivity index is 1.41. The molecule has 1 N–H and O–H groups in total. The zero-order valence-electron chi connectivity index (χ0n) is 22.3. The molecule has 6 fully saturated rings. The Morgan fingerprint density at radius 2 is 1.70 bits per heavy atom. The smallest absolute Gasteiger partial charge is 0.175 e. The molecule has 3 heteroatoms. The first-order valence-corrected chi connectivity index (χ1v) is 14.0. The van der Waals surface area contributed by atoms with Crippen molar-refractivity contribution < 1.29 is 14.6 Å². The van der Waals surface area contributed by atoms with Gasteiger partial charge >= 0.3 is 0 Å². The fourth-order valence-corrected chi connectivity index (χ4v) is 11.7. The molecule has 2 saturated heterocycles. The highest BCUT2D eigenvalue weighted by Gasteiger charge is 2.80. The van der Waals surface area contributed by atoms with Crippen LogP contribution in [-0.4, -0.2) is 29.2 Å². The van der Waals surface area contributed by atoms with E-state index in [4.69, 9.17) is 9.47 Å². The largest absolute Gasteiger partial charge is 0.390 e. The van der Waals surface area contributed by atoms with Crippen LogP contribution in [0.3, 0.4) is 0 Å². The molecule has 2 aliphatic heterocycles. The van der Waals surface area contributed by atoms with Crippen LogP contribution in [0.1, 0.15) is 106 Å². The average molecular weight is 457 g/mol. The molecule has 186 valence electrons. The summed E-state index contributed by atoms with van der Waals surface area (Å²) < 4.78 is 13.6. The number of hydrogen-bond acceptors (Lipinski definition) is 3. The fraction of sp³-hybridized carbons (Fsp3) is 0.933. The van der Waals surface area contributed by atoms with Gasteiger partial charge < -0.3 is 14.6 Å². The Morgan fingerprint density at radius 1 is 0.939 bits per heavy atom. The first-order chi connectivity index (χ1) is 15.3. The minimum Gasteiger partial charge on any atom is -0.390 e. The lowest BCUT2D eigenvalue weighted by Crippen LogP contribution is -2.66. The standard InChI is InChI=1S/C30H48O3/c1-19(2)15-20-16-28(7,31)24-21-9-10-23-26(5)13-8-12-25(3,4)22(26)11-14-27(23,6)29(21)17-30(24,33-20)32-18-29/h15,20-24,31H,8-14,16-18H2,1-7H3/t20-,21+,22-,23+,24-,26-,27+,28-,29-,30-/m0/s1. The zero-order chi connectivity index (χ0) is 23.7. The summed E-state index contributed by atoms with van der Waals surface area (Å²) in [5.74, 6) is 1.63. The maximum absolute atomic E-state index is 11.9. The normalized spacial score (nSPS) is 58.6. The molecular formula is C30H48O3. The summed E-state index contributed by atoms with van der Waals surface area (Å²) in [5.41, 5.74) is 1.85. The number of fused-ring (bicyclic) bond motifs is 4. The van der Waals surface area contributed by atoms with Crippen LogP contribution < -0.4 is 0 Å². The van der Waals surface area contributed by atoms with Crippen molar-refractivity contribution in [2.45, 2.75) is 124 Å². The van der Waals surface area contributed by atoms with E-state index in [9.17, 15) is 5.11 Å². The second-order valence-corrected chi connectivity index (χ2v) is 15.0. The van der Waals surface area contributed by atoms with Crippen LogP contribution >= 0.6 is 0 Å². The highest BCUT2D eigenvalue weighted by molar-refractivity contribution is 5.26. The molecule has 2 bridgehead atoms. The van der Waals surface area contributed by atoms with Crippen LogP contribution in [0.15, 0.2) is 11.6 Å². The Bertz CT molecular complexity index is 870. The summed E-state index contributed by atoms with van der Waals surface area (Å²) in [6.45, 7) is 17.6. The van der Waals surface area contributed by atoms with Gasteiger partial charge in [0.25, 0.3) is 0 Å². The Morgan fingerprint density at radius 3 is 2.42 bits per heavy atom. The molecule has 0 unspecified atom stereocenters. The van der Waals surface area contributed by atoms with E-state index < -0.39 is 11.4 Å². The van der Waals surface area contributed by atoms with Crippen molar-refractivity contribution in [2.75, 3.05) is 6.61 Å². The molecule has 4 aliphatic carbocycles. The van der Waals surface area contributed by atoms with Crippen LogP contribution in [0.4, 0.5) is 0 Å². The van der Waals surface area contributed by atoms with Gasteiger partial charge in [-0.3, -0.25) is 0 Å². The summed E-state index contributed by atoms with van der Waals surface area (Å²) in [6, 6.07) is 0.